The molecule has 0 aliphatic carbocycles. The Labute approximate surface area is 118 Å². The van der Waals surface area contributed by atoms with Gasteiger partial charge in [-0.1, -0.05) is 0 Å². The average Bonchev–Trinajstić information content (AvgIpc) is 2.46. The molecular formula is C13H14F3N3O2. The van der Waals surface area contributed by atoms with Crippen LogP contribution in [-0.2, 0) is 11.0 Å². The quantitative estimate of drug-likeness (QED) is 0.898. The monoisotopic (exact) mass is 301 g/mol. The predicted molar refractivity (Wildman–Crippen MR) is 67.1 cm³/mol. The molecule has 1 aromatic rings. The number of aromatic nitrogens is 1. The number of carbonyl (C=O) groups is 2. The summed E-state index contributed by atoms with van der Waals surface area (Å²) < 4.78 is 37.2. The van der Waals surface area contributed by atoms with E-state index < -0.39 is 29.6 Å². The number of primary amides is 1. The molecule has 1 fully saturated rings. The van der Waals surface area contributed by atoms with Crippen LogP contribution in [0.25, 0.3) is 0 Å². The number of piperidine rings is 1. The van der Waals surface area contributed by atoms with E-state index in [9.17, 15) is 22.8 Å². The standard InChI is InChI=1S/C13H14F3N3O2/c14-13(15,16)10-4-3-8(6-18-10)12(21)19-5-1-2-9(7-19)11(17)20/h3-4,6,9H,1-2,5,7H2,(H2,17,20)/t9-/m1/s1. The number of amides is 2. The van der Waals surface area contributed by atoms with E-state index in [1.54, 1.807) is 0 Å². The summed E-state index contributed by atoms with van der Waals surface area (Å²) in [4.78, 5) is 28.0. The zero-order valence-electron chi connectivity index (χ0n) is 11.1. The molecule has 0 spiro atoms. The predicted octanol–water partition coefficient (Wildman–Crippen LogP) is 1.44. The smallest absolute Gasteiger partial charge is 0.369 e. The van der Waals surface area contributed by atoms with Crippen LogP contribution in [0.1, 0.15) is 28.9 Å². The van der Waals surface area contributed by atoms with Gasteiger partial charge in [0, 0.05) is 19.3 Å². The first-order valence-electron chi connectivity index (χ1n) is 6.41. The van der Waals surface area contributed by atoms with E-state index >= 15 is 0 Å². The molecule has 2 amide bonds. The van der Waals surface area contributed by atoms with Crippen molar-refractivity contribution in [1.29, 1.82) is 0 Å². The fraction of sp³-hybridized carbons (Fsp3) is 0.462. The van der Waals surface area contributed by atoms with E-state index in [2.05, 4.69) is 4.98 Å². The van der Waals surface area contributed by atoms with Gasteiger partial charge in [-0.25, -0.2) is 0 Å². The normalized spacial score (nSPS) is 19.4. The van der Waals surface area contributed by atoms with Crippen LogP contribution in [0.15, 0.2) is 18.3 Å². The van der Waals surface area contributed by atoms with Gasteiger partial charge in [0.15, 0.2) is 0 Å². The minimum absolute atomic E-state index is 0.0631. The van der Waals surface area contributed by atoms with E-state index in [1.165, 1.54) is 4.90 Å². The zero-order valence-corrected chi connectivity index (χ0v) is 11.1. The van der Waals surface area contributed by atoms with Crippen LogP contribution in [-0.4, -0.2) is 34.8 Å². The van der Waals surface area contributed by atoms with Gasteiger partial charge in [0.1, 0.15) is 5.69 Å². The van der Waals surface area contributed by atoms with E-state index in [1.807, 2.05) is 0 Å². The molecule has 1 aromatic heterocycles. The Balaban J connectivity index is 2.11. The third kappa shape index (κ3) is 3.50. The lowest BCUT2D eigenvalue weighted by atomic mass is 9.97. The molecule has 1 aliphatic rings. The Kier molecular flexibility index (Phi) is 4.15. The van der Waals surface area contributed by atoms with Crippen molar-refractivity contribution in [3.05, 3.63) is 29.6 Å². The van der Waals surface area contributed by atoms with Gasteiger partial charge in [0.25, 0.3) is 5.91 Å². The second-order valence-electron chi connectivity index (χ2n) is 4.92. The molecule has 8 heteroatoms. The van der Waals surface area contributed by atoms with Gasteiger partial charge in [0.2, 0.25) is 5.91 Å². The molecule has 0 bridgehead atoms. The molecule has 1 aliphatic heterocycles. The highest BCUT2D eigenvalue weighted by atomic mass is 19.4. The number of alkyl halides is 3. The Morgan fingerprint density at radius 2 is 2.05 bits per heavy atom. The van der Waals surface area contributed by atoms with Gasteiger partial charge >= 0.3 is 6.18 Å². The fourth-order valence-corrected chi connectivity index (χ4v) is 2.26. The first-order chi connectivity index (χ1) is 9.79. The van der Waals surface area contributed by atoms with E-state index in [-0.39, 0.29) is 12.1 Å². The van der Waals surface area contributed by atoms with E-state index in [0.29, 0.717) is 19.4 Å². The van der Waals surface area contributed by atoms with Gasteiger partial charge < -0.3 is 10.6 Å². The van der Waals surface area contributed by atoms with Crippen molar-refractivity contribution in [3.63, 3.8) is 0 Å². The lowest BCUT2D eigenvalue weighted by Gasteiger charge is -2.31. The highest BCUT2D eigenvalue weighted by Crippen LogP contribution is 2.27. The van der Waals surface area contributed by atoms with Crippen LogP contribution in [0.2, 0.25) is 0 Å². The molecule has 0 unspecified atom stereocenters. The maximum Gasteiger partial charge on any atom is 0.433 e. The Bertz CT molecular complexity index is 543. The Hall–Kier alpha value is -2.12. The van der Waals surface area contributed by atoms with Gasteiger partial charge in [-0.05, 0) is 25.0 Å². The van der Waals surface area contributed by atoms with Gasteiger partial charge in [-0.3, -0.25) is 14.6 Å². The summed E-state index contributed by atoms with van der Waals surface area (Å²) in [5.74, 6) is -1.33. The van der Waals surface area contributed by atoms with Crippen molar-refractivity contribution in [2.24, 2.45) is 11.7 Å². The lowest BCUT2D eigenvalue weighted by Crippen LogP contribution is -2.44. The van der Waals surface area contributed by atoms with Crippen LogP contribution in [0.3, 0.4) is 0 Å². The largest absolute Gasteiger partial charge is 0.433 e. The third-order valence-corrected chi connectivity index (χ3v) is 3.41. The molecule has 1 atom stereocenters. The van der Waals surface area contributed by atoms with Crippen LogP contribution in [0, 0.1) is 5.92 Å². The van der Waals surface area contributed by atoms with Crippen molar-refractivity contribution in [2.75, 3.05) is 13.1 Å². The number of nitrogens with zero attached hydrogens (tertiary/aromatic N) is 2. The number of pyridine rings is 1. The number of hydrogen-bond acceptors (Lipinski definition) is 3. The maximum absolute atomic E-state index is 12.4. The van der Waals surface area contributed by atoms with Crippen LogP contribution >= 0.6 is 0 Å². The summed E-state index contributed by atoms with van der Waals surface area (Å²) in [5, 5.41) is 0. The highest BCUT2D eigenvalue weighted by Gasteiger charge is 2.33. The number of likely N-dealkylation sites (tertiary alicyclic amines) is 1. The molecule has 0 saturated carbocycles. The second kappa shape index (κ2) is 5.71. The molecular weight excluding hydrogens is 287 g/mol. The van der Waals surface area contributed by atoms with Crippen LogP contribution in [0.4, 0.5) is 13.2 Å². The van der Waals surface area contributed by atoms with E-state index in [4.69, 9.17) is 5.73 Å². The molecule has 0 radical (unpaired) electrons. The Morgan fingerprint density at radius 3 is 2.57 bits per heavy atom. The third-order valence-electron chi connectivity index (χ3n) is 3.41. The first-order valence-corrected chi connectivity index (χ1v) is 6.41. The minimum atomic E-state index is -4.54. The average molecular weight is 301 g/mol. The summed E-state index contributed by atoms with van der Waals surface area (Å²) in [6.45, 7) is 0.638. The van der Waals surface area contributed by atoms with Crippen LogP contribution in [0.5, 0.6) is 0 Å². The summed E-state index contributed by atoms with van der Waals surface area (Å²) in [7, 11) is 0. The molecule has 2 rings (SSSR count). The number of halogens is 3. The topological polar surface area (TPSA) is 76.3 Å². The second-order valence-corrected chi connectivity index (χ2v) is 4.92. The number of nitrogens with two attached hydrogens (primary N) is 1. The summed E-state index contributed by atoms with van der Waals surface area (Å²) >= 11 is 0. The first kappa shape index (κ1) is 15.3. The van der Waals surface area contributed by atoms with Crippen molar-refractivity contribution in [1.82, 2.24) is 9.88 Å². The fourth-order valence-electron chi connectivity index (χ4n) is 2.26. The molecule has 2 N–H and O–H groups in total. The van der Waals surface area contributed by atoms with Gasteiger partial charge in [-0.2, -0.15) is 13.2 Å². The maximum atomic E-state index is 12.4. The van der Waals surface area contributed by atoms with E-state index in [0.717, 1.165) is 18.3 Å². The summed E-state index contributed by atoms with van der Waals surface area (Å²) in [6, 6.07) is 1.86. The van der Waals surface area contributed by atoms with Gasteiger partial charge in [-0.15, -0.1) is 0 Å². The number of rotatable bonds is 2. The van der Waals surface area contributed by atoms with Crippen molar-refractivity contribution >= 4 is 11.8 Å². The molecule has 2 heterocycles. The molecule has 5 nitrogen and oxygen atoms in total. The Morgan fingerprint density at radius 1 is 1.33 bits per heavy atom. The molecule has 21 heavy (non-hydrogen) atoms. The van der Waals surface area contributed by atoms with Crippen molar-refractivity contribution in [3.8, 4) is 0 Å². The SMILES string of the molecule is NC(=O)[C@@H]1CCCN(C(=O)c2ccc(C(F)(F)F)nc2)C1. The zero-order chi connectivity index (χ0) is 15.6. The number of hydrogen-bond donors (Lipinski definition) is 1. The van der Waals surface area contributed by atoms with Crippen molar-refractivity contribution < 1.29 is 22.8 Å². The number of carbonyl (C=O) groups excluding carboxylic acids is 2. The van der Waals surface area contributed by atoms with Crippen LogP contribution < -0.4 is 5.73 Å². The molecule has 0 aromatic carbocycles. The molecule has 114 valence electrons. The summed E-state index contributed by atoms with van der Waals surface area (Å²) in [6.07, 6.45) is -2.39. The minimum Gasteiger partial charge on any atom is -0.369 e. The summed E-state index contributed by atoms with van der Waals surface area (Å²) in [5.41, 5.74) is 4.24. The van der Waals surface area contributed by atoms with Crippen molar-refractivity contribution in [2.45, 2.75) is 19.0 Å². The highest BCUT2D eigenvalue weighted by molar-refractivity contribution is 5.94. The van der Waals surface area contributed by atoms with Gasteiger partial charge in [0.05, 0.1) is 11.5 Å². The lowest BCUT2D eigenvalue weighted by molar-refractivity contribution is -0.141. The molecule has 1 saturated heterocycles.